The molecule has 2 aromatic rings. The third-order valence-corrected chi connectivity index (χ3v) is 4.20. The lowest BCUT2D eigenvalue weighted by molar-refractivity contribution is -0.122. The van der Waals surface area contributed by atoms with Crippen molar-refractivity contribution in [3.63, 3.8) is 0 Å². The van der Waals surface area contributed by atoms with Gasteiger partial charge in [-0.2, -0.15) is 5.10 Å². The molecule has 3 rings (SSSR count). The monoisotopic (exact) mass is 304 g/mol. The zero-order valence-electron chi connectivity index (χ0n) is 12.9. The first-order valence-corrected chi connectivity index (χ1v) is 7.69. The predicted octanol–water partition coefficient (Wildman–Crippen LogP) is 1.45. The molecule has 1 fully saturated rings. The number of nitrogens with zero attached hydrogens (tertiary/aromatic N) is 3. The number of aryl methyl sites for hydroxylation is 3. The number of hydrogen-bond donors (Lipinski definition) is 1. The van der Waals surface area contributed by atoms with Gasteiger partial charge in [-0.05, 0) is 26.7 Å². The summed E-state index contributed by atoms with van der Waals surface area (Å²) < 4.78 is 6.36. The van der Waals surface area contributed by atoms with Crippen LogP contribution in [-0.4, -0.2) is 26.9 Å². The van der Waals surface area contributed by atoms with E-state index < -0.39 is 0 Å². The van der Waals surface area contributed by atoms with Crippen molar-refractivity contribution in [2.24, 2.45) is 0 Å². The normalized spacial score (nSPS) is 15.5. The summed E-state index contributed by atoms with van der Waals surface area (Å²) in [4.78, 5) is 24.2. The van der Waals surface area contributed by atoms with E-state index in [9.17, 15) is 9.59 Å². The summed E-state index contributed by atoms with van der Waals surface area (Å²) in [7, 11) is 0. The van der Waals surface area contributed by atoms with Gasteiger partial charge >= 0.3 is 0 Å². The van der Waals surface area contributed by atoms with E-state index in [2.05, 4.69) is 15.6 Å². The van der Waals surface area contributed by atoms with Crippen molar-refractivity contribution in [2.45, 2.75) is 58.5 Å². The molecule has 1 saturated carbocycles. The minimum absolute atomic E-state index is 0.0327. The van der Waals surface area contributed by atoms with E-state index in [1.54, 1.807) is 13.8 Å². The van der Waals surface area contributed by atoms with Crippen LogP contribution in [0.5, 0.6) is 0 Å². The van der Waals surface area contributed by atoms with Crippen molar-refractivity contribution >= 4 is 16.8 Å². The van der Waals surface area contributed by atoms with Gasteiger partial charge in [0.15, 0.2) is 5.52 Å². The van der Waals surface area contributed by atoms with Gasteiger partial charge < -0.3 is 9.84 Å². The van der Waals surface area contributed by atoms with E-state index >= 15 is 0 Å². The first kappa shape index (κ1) is 14.7. The smallest absolute Gasteiger partial charge is 0.296 e. The fourth-order valence-electron chi connectivity index (χ4n) is 3.07. The molecule has 1 amide bonds. The zero-order chi connectivity index (χ0) is 15.7. The second-order valence-corrected chi connectivity index (χ2v) is 5.87. The highest BCUT2D eigenvalue weighted by Gasteiger charge is 2.18. The van der Waals surface area contributed by atoms with Crippen molar-refractivity contribution in [1.82, 2.24) is 20.3 Å². The first-order chi connectivity index (χ1) is 10.6. The van der Waals surface area contributed by atoms with Crippen LogP contribution in [-0.2, 0) is 11.3 Å². The number of carbonyl (C=O) groups is 1. The van der Waals surface area contributed by atoms with Gasteiger partial charge in [-0.1, -0.05) is 18.0 Å². The van der Waals surface area contributed by atoms with Gasteiger partial charge in [-0.15, -0.1) is 0 Å². The van der Waals surface area contributed by atoms with Gasteiger partial charge in [0.05, 0.1) is 17.6 Å². The van der Waals surface area contributed by atoms with E-state index in [-0.39, 0.29) is 29.9 Å². The lowest BCUT2D eigenvalue weighted by Gasteiger charge is -2.12. The molecule has 0 bridgehead atoms. The van der Waals surface area contributed by atoms with Gasteiger partial charge in [0, 0.05) is 12.5 Å². The lowest BCUT2D eigenvalue weighted by atomic mass is 10.2. The lowest BCUT2D eigenvalue weighted by Crippen LogP contribution is -2.34. The fraction of sp³-hybridized carbons (Fsp3) is 0.600. The van der Waals surface area contributed by atoms with Crippen LogP contribution < -0.4 is 10.9 Å². The van der Waals surface area contributed by atoms with Gasteiger partial charge in [-0.3, -0.25) is 9.59 Å². The average molecular weight is 304 g/mol. The molecule has 118 valence electrons. The Labute approximate surface area is 127 Å². The third-order valence-electron chi connectivity index (χ3n) is 4.20. The Kier molecular flexibility index (Phi) is 3.96. The molecular weight excluding hydrogens is 284 g/mol. The molecule has 7 heteroatoms. The van der Waals surface area contributed by atoms with Crippen LogP contribution >= 0.6 is 0 Å². The van der Waals surface area contributed by atoms with Crippen LogP contribution in [0.1, 0.15) is 43.6 Å². The minimum atomic E-state index is -0.314. The molecule has 22 heavy (non-hydrogen) atoms. The Hall–Kier alpha value is -2.18. The van der Waals surface area contributed by atoms with Crippen LogP contribution in [0.3, 0.4) is 0 Å². The molecule has 0 unspecified atom stereocenters. The largest absolute Gasteiger partial charge is 0.360 e. The topological polar surface area (TPSA) is 90.0 Å². The highest BCUT2D eigenvalue weighted by Crippen LogP contribution is 2.18. The Morgan fingerprint density at radius 2 is 2.09 bits per heavy atom. The second kappa shape index (κ2) is 5.90. The van der Waals surface area contributed by atoms with Crippen LogP contribution in [0.2, 0.25) is 0 Å². The predicted molar refractivity (Wildman–Crippen MR) is 80.6 cm³/mol. The van der Waals surface area contributed by atoms with Crippen molar-refractivity contribution in [3.05, 3.63) is 21.8 Å². The quantitative estimate of drug-likeness (QED) is 0.923. The second-order valence-electron chi connectivity index (χ2n) is 5.87. The summed E-state index contributed by atoms with van der Waals surface area (Å²) in [6.07, 6.45) is 4.69. The Morgan fingerprint density at radius 1 is 1.36 bits per heavy atom. The molecular formula is C15H20N4O3. The summed E-state index contributed by atoms with van der Waals surface area (Å²) >= 11 is 0. The van der Waals surface area contributed by atoms with Crippen LogP contribution in [0.15, 0.2) is 9.32 Å². The summed E-state index contributed by atoms with van der Waals surface area (Å²) in [5, 5.41) is 11.7. The number of rotatable bonds is 4. The van der Waals surface area contributed by atoms with E-state index in [4.69, 9.17) is 4.52 Å². The average Bonchev–Trinajstić information content (AvgIpc) is 3.11. The van der Waals surface area contributed by atoms with E-state index in [1.165, 1.54) is 17.5 Å². The van der Waals surface area contributed by atoms with E-state index in [1.807, 2.05) is 0 Å². The van der Waals surface area contributed by atoms with E-state index in [0.717, 1.165) is 12.8 Å². The maximum absolute atomic E-state index is 12.3. The molecule has 0 saturated heterocycles. The summed E-state index contributed by atoms with van der Waals surface area (Å²) in [5.41, 5.74) is 0.650. The van der Waals surface area contributed by atoms with E-state index in [0.29, 0.717) is 22.9 Å². The SMILES string of the molecule is Cc1nn(CCC(=O)NC2CCCC2)c(=O)c2noc(C)c12. The molecule has 1 aliphatic rings. The number of fused-ring (bicyclic) bond motifs is 1. The number of hydrogen-bond acceptors (Lipinski definition) is 5. The molecule has 0 radical (unpaired) electrons. The molecule has 0 atom stereocenters. The summed E-state index contributed by atoms with van der Waals surface area (Å²) in [6, 6.07) is 0.291. The molecule has 7 nitrogen and oxygen atoms in total. The molecule has 1 aliphatic carbocycles. The van der Waals surface area contributed by atoms with Crippen molar-refractivity contribution in [1.29, 1.82) is 0 Å². The van der Waals surface area contributed by atoms with Crippen molar-refractivity contribution in [2.75, 3.05) is 0 Å². The zero-order valence-corrected chi connectivity index (χ0v) is 12.9. The number of nitrogens with one attached hydrogen (secondary N) is 1. The van der Waals surface area contributed by atoms with Crippen LogP contribution in [0.25, 0.3) is 10.9 Å². The molecule has 2 heterocycles. The maximum atomic E-state index is 12.3. The first-order valence-electron chi connectivity index (χ1n) is 7.69. The summed E-state index contributed by atoms with van der Waals surface area (Å²) in [5.74, 6) is 0.554. The van der Waals surface area contributed by atoms with Gasteiger partial charge in [0.1, 0.15) is 5.76 Å². The number of amides is 1. The van der Waals surface area contributed by atoms with Gasteiger partial charge in [0.2, 0.25) is 5.91 Å². The third kappa shape index (κ3) is 2.75. The number of aromatic nitrogens is 3. The Bertz CT molecular complexity index is 756. The molecule has 1 N–H and O–H groups in total. The van der Waals surface area contributed by atoms with Crippen molar-refractivity contribution < 1.29 is 9.32 Å². The highest BCUT2D eigenvalue weighted by molar-refractivity contribution is 5.81. The molecule has 2 aromatic heterocycles. The van der Waals surface area contributed by atoms with Crippen LogP contribution in [0.4, 0.5) is 0 Å². The molecule has 0 spiro atoms. The minimum Gasteiger partial charge on any atom is -0.360 e. The standard InChI is InChI=1S/C15H20N4O3/c1-9-13-10(2)22-18-14(13)15(21)19(17-9)8-7-12(20)16-11-5-3-4-6-11/h11H,3-8H2,1-2H3,(H,16,20). The van der Waals surface area contributed by atoms with Gasteiger partial charge in [0.25, 0.3) is 5.56 Å². The fourth-order valence-corrected chi connectivity index (χ4v) is 3.07. The maximum Gasteiger partial charge on any atom is 0.296 e. The highest BCUT2D eigenvalue weighted by atomic mass is 16.5. The van der Waals surface area contributed by atoms with Crippen LogP contribution in [0, 0.1) is 13.8 Å². The van der Waals surface area contributed by atoms with Crippen molar-refractivity contribution in [3.8, 4) is 0 Å². The number of carbonyl (C=O) groups excluding carboxylic acids is 1. The molecule has 0 aromatic carbocycles. The Balaban J connectivity index is 1.72. The molecule has 0 aliphatic heterocycles. The Morgan fingerprint density at radius 3 is 2.82 bits per heavy atom. The summed E-state index contributed by atoms with van der Waals surface area (Å²) in [6.45, 7) is 3.81. The van der Waals surface area contributed by atoms with Gasteiger partial charge in [-0.25, -0.2) is 4.68 Å².